The Kier molecular flexibility index (Phi) is 5.56. The van der Waals surface area contributed by atoms with Crippen LogP contribution in [0.2, 0.25) is 0 Å². The van der Waals surface area contributed by atoms with Crippen LogP contribution in [0.25, 0.3) is 0 Å². The monoisotopic (exact) mass is 321 g/mol. The van der Waals surface area contributed by atoms with Crippen LogP contribution in [0.5, 0.6) is 0 Å². The average Bonchev–Trinajstić information content (AvgIpc) is 2.83. The van der Waals surface area contributed by atoms with Crippen molar-refractivity contribution in [1.29, 1.82) is 0 Å². The maximum atomic E-state index is 12.4. The molecule has 1 heterocycles. The highest BCUT2D eigenvalue weighted by molar-refractivity contribution is 5.87. The van der Waals surface area contributed by atoms with Crippen molar-refractivity contribution in [3.63, 3.8) is 0 Å². The molecule has 0 aliphatic heterocycles. The van der Waals surface area contributed by atoms with Gasteiger partial charge in [-0.05, 0) is 27.2 Å². The van der Waals surface area contributed by atoms with Crippen molar-refractivity contribution in [3.8, 4) is 0 Å². The number of hydrogen-bond donors (Lipinski definition) is 1. The zero-order valence-corrected chi connectivity index (χ0v) is 12.5. The second-order valence-corrected chi connectivity index (χ2v) is 5.66. The van der Waals surface area contributed by atoms with Crippen LogP contribution in [0.3, 0.4) is 0 Å². The Balaban J connectivity index is 2.78. The molecule has 1 amide bonds. The van der Waals surface area contributed by atoms with E-state index in [2.05, 4.69) is 10.3 Å². The van der Waals surface area contributed by atoms with E-state index >= 15 is 0 Å². The molecule has 22 heavy (non-hydrogen) atoms. The van der Waals surface area contributed by atoms with E-state index in [0.717, 1.165) is 10.9 Å². The fourth-order valence-corrected chi connectivity index (χ4v) is 1.58. The molecule has 6 nitrogen and oxygen atoms in total. The van der Waals surface area contributed by atoms with Gasteiger partial charge < -0.3 is 10.1 Å². The molecule has 1 atom stereocenters. The second-order valence-electron chi connectivity index (χ2n) is 5.66. The molecule has 1 aromatic rings. The van der Waals surface area contributed by atoms with E-state index in [4.69, 9.17) is 4.74 Å². The number of alkyl halides is 3. The molecule has 0 aliphatic rings. The van der Waals surface area contributed by atoms with Gasteiger partial charge in [-0.3, -0.25) is 9.36 Å². The summed E-state index contributed by atoms with van der Waals surface area (Å²) in [4.78, 5) is 27.4. The largest absolute Gasteiger partial charge is 0.444 e. The molecular weight excluding hydrogens is 303 g/mol. The lowest BCUT2D eigenvalue weighted by molar-refractivity contribution is -0.136. The first-order chi connectivity index (χ1) is 9.98. The van der Waals surface area contributed by atoms with E-state index in [1.165, 1.54) is 12.4 Å². The molecule has 0 aliphatic carbocycles. The Hall–Kier alpha value is -2.06. The topological polar surface area (TPSA) is 73.2 Å². The summed E-state index contributed by atoms with van der Waals surface area (Å²) in [5.74, 6) is -0.715. The van der Waals surface area contributed by atoms with Crippen LogP contribution in [0.15, 0.2) is 18.7 Å². The number of halogens is 3. The minimum Gasteiger partial charge on any atom is -0.444 e. The van der Waals surface area contributed by atoms with E-state index in [-0.39, 0.29) is 0 Å². The summed E-state index contributed by atoms with van der Waals surface area (Å²) in [5.41, 5.74) is -0.823. The van der Waals surface area contributed by atoms with Gasteiger partial charge in [0.05, 0.1) is 0 Å². The van der Waals surface area contributed by atoms with Gasteiger partial charge in [-0.2, -0.15) is 13.2 Å². The van der Waals surface area contributed by atoms with Gasteiger partial charge in [-0.15, -0.1) is 0 Å². The summed E-state index contributed by atoms with van der Waals surface area (Å²) in [7, 11) is 0. The predicted molar refractivity (Wildman–Crippen MR) is 71.3 cm³/mol. The first-order valence-electron chi connectivity index (χ1n) is 6.56. The molecule has 0 saturated carbocycles. The maximum Gasteiger partial charge on any atom is 0.408 e. The normalized spacial score (nSPS) is 13.5. The van der Waals surface area contributed by atoms with Crippen LogP contribution in [0, 0.1) is 0 Å². The molecule has 9 heteroatoms. The fraction of sp³-hybridized carbons (Fsp3) is 0.615. The number of hydrogen-bond acceptors (Lipinski definition) is 4. The van der Waals surface area contributed by atoms with Crippen molar-refractivity contribution in [2.45, 2.75) is 51.4 Å². The summed E-state index contributed by atoms with van der Waals surface area (Å²) < 4.78 is 43.0. The smallest absolute Gasteiger partial charge is 0.408 e. The number of amides is 1. The number of aromatic nitrogens is 2. The number of imidazole rings is 1. The standard InChI is InChI=1S/C13H18F3N3O3/c1-12(2,3)22-11(21)18-9(4-5-13(14,15)16)10(20)19-7-6-17-8-19/h6-9H,4-5H2,1-3H3,(H,18,21). The molecular formula is C13H18F3N3O3. The first kappa shape index (κ1) is 18.0. The van der Waals surface area contributed by atoms with Crippen LogP contribution in [0.1, 0.15) is 38.4 Å². The number of rotatable bonds is 4. The summed E-state index contributed by atoms with van der Waals surface area (Å²) >= 11 is 0. The van der Waals surface area contributed by atoms with E-state index in [9.17, 15) is 22.8 Å². The van der Waals surface area contributed by atoms with Gasteiger partial charge in [-0.1, -0.05) is 0 Å². The zero-order chi connectivity index (χ0) is 17.0. The lowest BCUT2D eigenvalue weighted by Gasteiger charge is -2.23. The summed E-state index contributed by atoms with van der Waals surface area (Å²) in [5, 5.41) is 2.17. The molecule has 1 N–H and O–H groups in total. The number of alkyl carbamates (subject to hydrolysis) is 1. The van der Waals surface area contributed by atoms with E-state index in [1.807, 2.05) is 0 Å². The minimum atomic E-state index is -4.43. The molecule has 1 aromatic heterocycles. The average molecular weight is 321 g/mol. The van der Waals surface area contributed by atoms with Crippen molar-refractivity contribution in [1.82, 2.24) is 14.9 Å². The van der Waals surface area contributed by atoms with Gasteiger partial charge in [0, 0.05) is 18.8 Å². The lowest BCUT2D eigenvalue weighted by atomic mass is 10.1. The van der Waals surface area contributed by atoms with Gasteiger partial charge in [0.25, 0.3) is 5.91 Å². The highest BCUT2D eigenvalue weighted by Gasteiger charge is 2.32. The minimum absolute atomic E-state index is 0.584. The molecule has 0 aromatic carbocycles. The number of carbonyl (C=O) groups is 2. The summed E-state index contributed by atoms with van der Waals surface area (Å²) in [6.45, 7) is 4.82. The Morgan fingerprint density at radius 2 is 1.95 bits per heavy atom. The third kappa shape index (κ3) is 6.59. The number of nitrogens with one attached hydrogen (secondary N) is 1. The third-order valence-electron chi connectivity index (χ3n) is 2.46. The fourth-order valence-electron chi connectivity index (χ4n) is 1.58. The lowest BCUT2D eigenvalue weighted by Crippen LogP contribution is -2.45. The van der Waals surface area contributed by atoms with Crippen LogP contribution in [0.4, 0.5) is 18.0 Å². The number of ether oxygens (including phenoxy) is 1. The van der Waals surface area contributed by atoms with Crippen LogP contribution < -0.4 is 5.32 Å². The van der Waals surface area contributed by atoms with Crippen molar-refractivity contribution >= 4 is 12.0 Å². The van der Waals surface area contributed by atoms with Crippen molar-refractivity contribution in [2.75, 3.05) is 0 Å². The van der Waals surface area contributed by atoms with Crippen molar-refractivity contribution in [2.24, 2.45) is 0 Å². The third-order valence-corrected chi connectivity index (χ3v) is 2.46. The van der Waals surface area contributed by atoms with Crippen molar-refractivity contribution < 1.29 is 27.5 Å². The predicted octanol–water partition coefficient (Wildman–Crippen LogP) is 2.76. The number of carbonyl (C=O) groups excluding carboxylic acids is 2. The zero-order valence-electron chi connectivity index (χ0n) is 12.5. The Morgan fingerprint density at radius 1 is 1.32 bits per heavy atom. The quantitative estimate of drug-likeness (QED) is 0.925. The van der Waals surface area contributed by atoms with Gasteiger partial charge in [0.2, 0.25) is 0 Å². The molecule has 1 unspecified atom stereocenters. The van der Waals surface area contributed by atoms with Gasteiger partial charge in [0.1, 0.15) is 18.0 Å². The van der Waals surface area contributed by atoms with E-state index in [0.29, 0.717) is 0 Å². The van der Waals surface area contributed by atoms with Crippen molar-refractivity contribution in [3.05, 3.63) is 18.7 Å². The van der Waals surface area contributed by atoms with Crippen LogP contribution in [-0.4, -0.2) is 39.4 Å². The number of nitrogens with zero attached hydrogens (tertiary/aromatic N) is 2. The van der Waals surface area contributed by atoms with Gasteiger partial charge in [-0.25, -0.2) is 9.78 Å². The molecule has 0 radical (unpaired) electrons. The molecule has 0 saturated heterocycles. The maximum absolute atomic E-state index is 12.4. The van der Waals surface area contributed by atoms with Gasteiger partial charge in [0.15, 0.2) is 0 Å². The Labute approximate surface area is 125 Å². The van der Waals surface area contributed by atoms with Crippen LogP contribution >= 0.6 is 0 Å². The summed E-state index contributed by atoms with van der Waals surface area (Å²) in [6.07, 6.45) is -3.41. The SMILES string of the molecule is CC(C)(C)OC(=O)NC(CCC(F)(F)F)C(=O)n1ccnc1. The summed E-state index contributed by atoms with van der Waals surface area (Å²) in [6, 6.07) is -1.36. The highest BCUT2D eigenvalue weighted by Crippen LogP contribution is 2.22. The van der Waals surface area contributed by atoms with E-state index in [1.54, 1.807) is 20.8 Å². The Bertz CT molecular complexity index is 507. The molecule has 1 rings (SSSR count). The highest BCUT2D eigenvalue weighted by atomic mass is 19.4. The molecule has 0 spiro atoms. The molecule has 0 bridgehead atoms. The molecule has 124 valence electrons. The van der Waals surface area contributed by atoms with Gasteiger partial charge >= 0.3 is 12.3 Å². The van der Waals surface area contributed by atoms with E-state index < -0.39 is 42.7 Å². The van der Waals surface area contributed by atoms with Crippen LogP contribution in [-0.2, 0) is 4.74 Å². The first-order valence-corrected chi connectivity index (χ1v) is 6.56. The Morgan fingerprint density at radius 3 is 2.41 bits per heavy atom. The molecule has 0 fully saturated rings. The second kappa shape index (κ2) is 6.80.